The number of hydrogen-bond acceptors (Lipinski definition) is 4. The minimum atomic E-state index is -4.76. The van der Waals surface area contributed by atoms with Crippen molar-refractivity contribution in [1.82, 2.24) is 9.97 Å². The fourth-order valence-corrected chi connectivity index (χ4v) is 3.00. The lowest BCUT2D eigenvalue weighted by atomic mass is 10.1. The largest absolute Gasteiger partial charge is 0.431 e. The van der Waals surface area contributed by atoms with Crippen molar-refractivity contribution >= 4 is 37.6 Å². The highest BCUT2D eigenvalue weighted by Crippen LogP contribution is 2.31. The summed E-state index contributed by atoms with van der Waals surface area (Å²) in [5, 5.41) is 4.85. The van der Waals surface area contributed by atoms with Gasteiger partial charge < -0.3 is 4.98 Å². The first-order valence-electron chi connectivity index (χ1n) is 5.60. The van der Waals surface area contributed by atoms with Gasteiger partial charge in [0, 0.05) is 12.3 Å². The molecule has 0 saturated heterocycles. The van der Waals surface area contributed by atoms with Gasteiger partial charge in [-0.25, -0.2) is 18.5 Å². The number of halogens is 5. The molecule has 2 aromatic rings. The lowest BCUT2D eigenvalue weighted by Gasteiger charge is -2.10. The number of H-pyrrole nitrogens is 1. The Labute approximate surface area is 140 Å². The van der Waals surface area contributed by atoms with E-state index in [1.165, 1.54) is 0 Å². The minimum Gasteiger partial charge on any atom is -0.357 e. The molecule has 0 bridgehead atoms. The lowest BCUT2D eigenvalue weighted by molar-refractivity contribution is -0.141. The van der Waals surface area contributed by atoms with Crippen LogP contribution in [-0.2, 0) is 16.2 Å². The van der Waals surface area contributed by atoms with Crippen LogP contribution in [0.25, 0.3) is 11.3 Å². The van der Waals surface area contributed by atoms with Crippen LogP contribution in [0.3, 0.4) is 0 Å². The Balaban J connectivity index is 2.78. The number of pyridine rings is 2. The molecule has 124 valence electrons. The van der Waals surface area contributed by atoms with Crippen LogP contribution < -0.4 is 10.6 Å². The number of aromatic amines is 1. The zero-order valence-corrected chi connectivity index (χ0v) is 13.9. The molecule has 0 aromatic carbocycles. The van der Waals surface area contributed by atoms with Crippen molar-refractivity contribution in [3.05, 3.63) is 43.9 Å². The van der Waals surface area contributed by atoms with Gasteiger partial charge in [-0.1, -0.05) is 11.6 Å². The fraction of sp³-hybridized carbons (Fsp3) is 0.0909. The molecule has 0 amide bonds. The number of nitrogens with one attached hydrogen (secondary N) is 1. The predicted octanol–water partition coefficient (Wildman–Crippen LogP) is 2.52. The first-order valence-corrected chi connectivity index (χ1v) is 8.32. The summed E-state index contributed by atoms with van der Waals surface area (Å²) < 4.78 is 61.0. The summed E-state index contributed by atoms with van der Waals surface area (Å²) in [7, 11) is -4.30. The molecule has 2 heterocycles. The van der Waals surface area contributed by atoms with Crippen molar-refractivity contribution in [2.75, 3.05) is 0 Å². The molecule has 2 aromatic heterocycles. The molecule has 3 N–H and O–H groups in total. The molecule has 0 aliphatic rings. The average Bonchev–Trinajstić information content (AvgIpc) is 2.39. The second-order valence-electron chi connectivity index (χ2n) is 4.28. The van der Waals surface area contributed by atoms with Gasteiger partial charge in [-0.05, 0) is 22.0 Å². The highest BCUT2D eigenvalue weighted by Gasteiger charge is 2.32. The molecule has 23 heavy (non-hydrogen) atoms. The van der Waals surface area contributed by atoms with Crippen LogP contribution in [0.4, 0.5) is 13.2 Å². The first-order chi connectivity index (χ1) is 10.4. The number of hydrogen-bond donors (Lipinski definition) is 2. The van der Waals surface area contributed by atoms with Gasteiger partial charge in [0.1, 0.15) is 15.7 Å². The zero-order chi connectivity index (χ0) is 17.6. The lowest BCUT2D eigenvalue weighted by Crippen LogP contribution is -2.18. The van der Waals surface area contributed by atoms with Crippen LogP contribution in [-0.4, -0.2) is 18.4 Å². The zero-order valence-electron chi connectivity index (χ0n) is 10.8. The number of sulfonamides is 1. The second kappa shape index (κ2) is 5.89. The summed E-state index contributed by atoms with van der Waals surface area (Å²) in [6.07, 6.45) is -4.06. The van der Waals surface area contributed by atoms with Crippen LogP contribution in [0.1, 0.15) is 5.69 Å². The SMILES string of the molecule is NS(=O)(=O)c1cc(Br)c(Cl)nc1-c1c[nH]c(C(F)(F)F)cc1=O. The van der Waals surface area contributed by atoms with Gasteiger partial charge >= 0.3 is 6.18 Å². The molecule has 0 aliphatic heterocycles. The maximum atomic E-state index is 12.6. The molecule has 0 aliphatic carbocycles. The van der Waals surface area contributed by atoms with E-state index >= 15 is 0 Å². The molecular formula is C11H6BrClF3N3O3S. The van der Waals surface area contributed by atoms with E-state index in [2.05, 4.69) is 20.9 Å². The van der Waals surface area contributed by atoms with E-state index in [1.807, 2.05) is 4.98 Å². The number of rotatable bonds is 2. The monoisotopic (exact) mass is 431 g/mol. The Morgan fingerprint density at radius 3 is 2.39 bits per heavy atom. The number of alkyl halides is 3. The van der Waals surface area contributed by atoms with E-state index in [-0.39, 0.29) is 9.63 Å². The summed E-state index contributed by atoms with van der Waals surface area (Å²) in [6, 6.07) is 1.30. The van der Waals surface area contributed by atoms with Gasteiger partial charge in [-0.3, -0.25) is 4.79 Å². The van der Waals surface area contributed by atoms with Gasteiger partial charge in [0.15, 0.2) is 5.43 Å². The molecule has 0 saturated carbocycles. The van der Waals surface area contributed by atoms with Crippen molar-refractivity contribution in [2.24, 2.45) is 5.14 Å². The molecule has 0 atom stereocenters. The van der Waals surface area contributed by atoms with Crippen LogP contribution >= 0.6 is 27.5 Å². The second-order valence-corrected chi connectivity index (χ2v) is 7.02. The third kappa shape index (κ3) is 3.74. The molecule has 0 fully saturated rings. The van der Waals surface area contributed by atoms with Crippen molar-refractivity contribution in [1.29, 1.82) is 0 Å². The summed E-state index contributed by atoms with van der Waals surface area (Å²) >= 11 is 8.71. The molecule has 0 radical (unpaired) electrons. The van der Waals surface area contributed by atoms with Crippen LogP contribution in [0, 0.1) is 0 Å². The van der Waals surface area contributed by atoms with Crippen molar-refractivity contribution in [2.45, 2.75) is 11.1 Å². The molecule has 0 spiro atoms. The number of nitrogens with zero attached hydrogens (tertiary/aromatic N) is 1. The standard InChI is InChI=1S/C11H6BrClF3N3O3S/c12-5-1-7(23(17,21)22)9(19-10(5)13)4-3-18-8(2-6(4)20)11(14,15)16/h1-3H,(H,18,20)(H2,17,21,22). The predicted molar refractivity (Wildman–Crippen MR) is 79.4 cm³/mol. The molecule has 12 heteroatoms. The number of nitrogens with two attached hydrogens (primary N) is 1. The highest BCUT2D eigenvalue weighted by atomic mass is 79.9. The van der Waals surface area contributed by atoms with E-state index < -0.39 is 43.5 Å². The Morgan fingerprint density at radius 2 is 1.91 bits per heavy atom. The van der Waals surface area contributed by atoms with E-state index in [4.69, 9.17) is 16.7 Å². The van der Waals surface area contributed by atoms with Gasteiger partial charge in [0.2, 0.25) is 10.0 Å². The van der Waals surface area contributed by atoms with Gasteiger partial charge in [0.05, 0.1) is 15.7 Å². The highest BCUT2D eigenvalue weighted by molar-refractivity contribution is 9.10. The molecule has 6 nitrogen and oxygen atoms in total. The average molecular weight is 433 g/mol. The van der Waals surface area contributed by atoms with Crippen LogP contribution in [0.15, 0.2) is 32.5 Å². The Hall–Kier alpha value is -1.43. The van der Waals surface area contributed by atoms with Crippen LogP contribution in [0.5, 0.6) is 0 Å². The number of primary sulfonamides is 1. The Kier molecular flexibility index (Phi) is 4.59. The van der Waals surface area contributed by atoms with Gasteiger partial charge in [-0.15, -0.1) is 0 Å². The summed E-state index contributed by atoms with van der Waals surface area (Å²) in [5.41, 5.74) is -3.24. The summed E-state index contributed by atoms with van der Waals surface area (Å²) in [4.78, 5) is 16.9. The summed E-state index contributed by atoms with van der Waals surface area (Å²) in [6.45, 7) is 0. The maximum absolute atomic E-state index is 12.6. The van der Waals surface area contributed by atoms with E-state index in [1.54, 1.807) is 0 Å². The molecule has 0 unspecified atom stereocenters. The van der Waals surface area contributed by atoms with Crippen molar-refractivity contribution in [3.8, 4) is 11.3 Å². The van der Waals surface area contributed by atoms with Crippen molar-refractivity contribution < 1.29 is 21.6 Å². The van der Waals surface area contributed by atoms with Gasteiger partial charge in [0.25, 0.3) is 0 Å². The van der Waals surface area contributed by atoms with Crippen molar-refractivity contribution in [3.63, 3.8) is 0 Å². The Bertz CT molecular complexity index is 944. The third-order valence-electron chi connectivity index (χ3n) is 2.68. The smallest absolute Gasteiger partial charge is 0.357 e. The first kappa shape index (κ1) is 17.9. The summed E-state index contributed by atoms with van der Waals surface area (Å²) in [5.74, 6) is 0. The quantitative estimate of drug-likeness (QED) is 0.711. The maximum Gasteiger partial charge on any atom is 0.431 e. The normalized spacial score (nSPS) is 12.4. The Morgan fingerprint density at radius 1 is 1.30 bits per heavy atom. The van der Waals surface area contributed by atoms with Gasteiger partial charge in [-0.2, -0.15) is 13.2 Å². The van der Waals surface area contributed by atoms with E-state index in [0.29, 0.717) is 12.3 Å². The minimum absolute atomic E-state index is 0.0929. The van der Waals surface area contributed by atoms with E-state index in [0.717, 1.165) is 6.07 Å². The number of aromatic nitrogens is 2. The molecule has 2 rings (SSSR count). The molecular weight excluding hydrogens is 427 g/mol. The topological polar surface area (TPSA) is 106 Å². The third-order valence-corrected chi connectivity index (χ3v) is 4.72. The van der Waals surface area contributed by atoms with Crippen LogP contribution in [0.2, 0.25) is 5.15 Å². The fourth-order valence-electron chi connectivity index (χ4n) is 1.68. The van der Waals surface area contributed by atoms with E-state index in [9.17, 15) is 26.4 Å².